The van der Waals surface area contributed by atoms with E-state index in [-0.39, 0.29) is 22.7 Å². The third kappa shape index (κ3) is 4.65. The van der Waals surface area contributed by atoms with Crippen molar-refractivity contribution in [2.45, 2.75) is 46.7 Å². The number of fused-ring (bicyclic) bond motifs is 1. The van der Waals surface area contributed by atoms with Gasteiger partial charge in [-0.1, -0.05) is 56.3 Å². The number of para-hydroxylation sites is 1. The first-order valence-corrected chi connectivity index (χ1v) is 11.6. The van der Waals surface area contributed by atoms with Crippen molar-refractivity contribution in [1.82, 2.24) is 13.7 Å². The van der Waals surface area contributed by atoms with Crippen LogP contribution in [0.2, 0.25) is 0 Å². The molecule has 2 aromatic heterocycles. The number of anilines is 2. The van der Waals surface area contributed by atoms with E-state index >= 15 is 0 Å². The second kappa shape index (κ2) is 9.17. The number of aryl methyl sites for hydroxylation is 1. The minimum absolute atomic E-state index is 0.0575. The van der Waals surface area contributed by atoms with Gasteiger partial charge in [0.25, 0.3) is 11.5 Å². The summed E-state index contributed by atoms with van der Waals surface area (Å²) in [5.41, 5.74) is 2.12. The van der Waals surface area contributed by atoms with Crippen LogP contribution in [0.3, 0.4) is 0 Å². The van der Waals surface area contributed by atoms with Gasteiger partial charge in [0.1, 0.15) is 11.2 Å². The first-order chi connectivity index (χ1) is 16.5. The van der Waals surface area contributed by atoms with Gasteiger partial charge in [0.2, 0.25) is 0 Å². The first kappa shape index (κ1) is 24.4. The maximum atomic E-state index is 13.7. The second-order valence-electron chi connectivity index (χ2n) is 9.47. The minimum Gasteiger partial charge on any atom is -0.341 e. The number of nitrogens with one attached hydrogen (secondary N) is 1. The van der Waals surface area contributed by atoms with Gasteiger partial charge < -0.3 is 9.88 Å². The van der Waals surface area contributed by atoms with E-state index in [2.05, 4.69) is 5.32 Å². The predicted octanol–water partition coefficient (Wildman–Crippen LogP) is 5.37. The largest absolute Gasteiger partial charge is 0.341 e. The average Bonchev–Trinajstić information content (AvgIpc) is 3.07. The lowest BCUT2D eigenvalue weighted by molar-refractivity contribution is 0.0174. The molecule has 0 aliphatic heterocycles. The third-order valence-corrected chi connectivity index (χ3v) is 6.18. The summed E-state index contributed by atoms with van der Waals surface area (Å²) in [6.45, 7) is 7.58. The van der Waals surface area contributed by atoms with Crippen LogP contribution in [0.25, 0.3) is 10.9 Å². The Balaban J connectivity index is 1.97. The summed E-state index contributed by atoms with van der Waals surface area (Å²) in [6.07, 6.45) is 0. The zero-order valence-electron chi connectivity index (χ0n) is 20.6. The van der Waals surface area contributed by atoms with Crippen molar-refractivity contribution >= 4 is 22.4 Å². The van der Waals surface area contributed by atoms with Crippen molar-refractivity contribution < 1.29 is 8.78 Å². The molecule has 0 unspecified atom stereocenters. The number of aromatic nitrogens is 3. The number of nitrogens with zero attached hydrogens (tertiary/aromatic N) is 3. The van der Waals surface area contributed by atoms with Crippen LogP contribution in [0.1, 0.15) is 37.6 Å². The Kier molecular flexibility index (Phi) is 6.40. The molecule has 0 aliphatic carbocycles. The van der Waals surface area contributed by atoms with Crippen molar-refractivity contribution in [2.24, 2.45) is 13.0 Å². The highest BCUT2D eigenvalue weighted by molar-refractivity contribution is 5.94. The van der Waals surface area contributed by atoms with E-state index in [1.807, 2.05) is 55.7 Å². The highest BCUT2D eigenvalue weighted by Crippen LogP contribution is 2.32. The Hall–Kier alpha value is -3.68. The molecule has 0 amide bonds. The molecule has 6 nitrogen and oxygen atoms in total. The molecule has 8 heteroatoms. The fourth-order valence-electron chi connectivity index (χ4n) is 4.39. The molecule has 0 fully saturated rings. The molecule has 0 aliphatic rings. The highest BCUT2D eigenvalue weighted by Gasteiger charge is 2.25. The molecule has 2 heterocycles. The van der Waals surface area contributed by atoms with E-state index < -0.39 is 5.92 Å². The van der Waals surface area contributed by atoms with Crippen molar-refractivity contribution in [3.8, 4) is 0 Å². The number of benzene rings is 2. The molecule has 4 aromatic rings. The molecule has 0 atom stereocenters. The van der Waals surface area contributed by atoms with Gasteiger partial charge in [-0.3, -0.25) is 13.9 Å². The lowest BCUT2D eigenvalue weighted by Gasteiger charge is -2.15. The Morgan fingerprint density at radius 3 is 2.17 bits per heavy atom. The van der Waals surface area contributed by atoms with Gasteiger partial charge in [0.15, 0.2) is 0 Å². The Morgan fingerprint density at radius 2 is 1.60 bits per heavy atom. The van der Waals surface area contributed by atoms with Gasteiger partial charge in [-0.05, 0) is 30.5 Å². The van der Waals surface area contributed by atoms with E-state index in [1.54, 1.807) is 16.7 Å². The Morgan fingerprint density at radius 1 is 0.971 bits per heavy atom. The number of rotatable bonds is 7. The molecular weight excluding hydrogens is 450 g/mol. The van der Waals surface area contributed by atoms with E-state index in [0.29, 0.717) is 29.8 Å². The topological polar surface area (TPSA) is 61.0 Å². The van der Waals surface area contributed by atoms with Crippen molar-refractivity contribution in [3.05, 3.63) is 92.3 Å². The zero-order valence-corrected chi connectivity index (χ0v) is 20.6. The van der Waals surface area contributed by atoms with Crippen LogP contribution < -0.4 is 16.6 Å². The molecular formula is C27H30F2N4O2. The molecule has 2 aromatic carbocycles. The third-order valence-electron chi connectivity index (χ3n) is 6.18. The second-order valence-corrected chi connectivity index (χ2v) is 9.47. The fourth-order valence-corrected chi connectivity index (χ4v) is 4.39. The van der Waals surface area contributed by atoms with Crippen molar-refractivity contribution in [1.29, 1.82) is 0 Å². The monoisotopic (exact) mass is 480 g/mol. The normalized spacial score (nSPS) is 12.0. The van der Waals surface area contributed by atoms with Gasteiger partial charge in [0, 0.05) is 44.0 Å². The SMILES string of the molecule is Cc1c2c(c(Nc3ccccc3)n1Cc1ccc(C(C)(F)F)cc1)c(=O)n(C)c(=O)n2CC(C)C. The summed E-state index contributed by atoms with van der Waals surface area (Å²) in [5.74, 6) is -2.17. The minimum atomic E-state index is -2.92. The average molecular weight is 481 g/mol. The molecule has 1 N–H and O–H groups in total. The summed E-state index contributed by atoms with van der Waals surface area (Å²) < 4.78 is 32.2. The quantitative estimate of drug-likeness (QED) is 0.387. The molecule has 0 saturated carbocycles. The van der Waals surface area contributed by atoms with Crippen LogP contribution in [0.5, 0.6) is 0 Å². The Labute approximate surface area is 202 Å². The highest BCUT2D eigenvalue weighted by atomic mass is 19.3. The molecule has 0 bridgehead atoms. The number of halogens is 2. The van der Waals surface area contributed by atoms with Crippen LogP contribution in [0, 0.1) is 12.8 Å². The van der Waals surface area contributed by atoms with E-state index in [4.69, 9.17) is 0 Å². The van der Waals surface area contributed by atoms with Crippen LogP contribution in [-0.4, -0.2) is 13.7 Å². The van der Waals surface area contributed by atoms with Gasteiger partial charge in [-0.15, -0.1) is 0 Å². The first-order valence-electron chi connectivity index (χ1n) is 11.6. The summed E-state index contributed by atoms with van der Waals surface area (Å²) >= 11 is 0. The summed E-state index contributed by atoms with van der Waals surface area (Å²) in [5, 5.41) is 3.80. The maximum absolute atomic E-state index is 13.7. The van der Waals surface area contributed by atoms with Gasteiger partial charge in [-0.2, -0.15) is 0 Å². The van der Waals surface area contributed by atoms with Crippen LogP contribution in [-0.2, 0) is 26.1 Å². The van der Waals surface area contributed by atoms with Gasteiger partial charge >= 0.3 is 5.69 Å². The molecule has 35 heavy (non-hydrogen) atoms. The number of alkyl halides is 2. The smallest absolute Gasteiger partial charge is 0.331 e. The molecule has 0 radical (unpaired) electrons. The lowest BCUT2D eigenvalue weighted by atomic mass is 10.1. The lowest BCUT2D eigenvalue weighted by Crippen LogP contribution is -2.38. The van der Waals surface area contributed by atoms with E-state index in [1.165, 1.54) is 19.2 Å². The van der Waals surface area contributed by atoms with Crippen LogP contribution in [0.15, 0.2) is 64.2 Å². The van der Waals surface area contributed by atoms with Crippen molar-refractivity contribution in [2.75, 3.05) is 5.32 Å². The molecule has 184 valence electrons. The predicted molar refractivity (Wildman–Crippen MR) is 136 cm³/mol. The number of hydrogen-bond donors (Lipinski definition) is 1. The molecule has 0 saturated heterocycles. The van der Waals surface area contributed by atoms with E-state index in [0.717, 1.165) is 28.4 Å². The summed E-state index contributed by atoms with van der Waals surface area (Å²) in [7, 11) is 1.49. The molecule has 4 rings (SSSR count). The van der Waals surface area contributed by atoms with Crippen LogP contribution >= 0.6 is 0 Å². The van der Waals surface area contributed by atoms with Gasteiger partial charge in [0.05, 0.1) is 5.52 Å². The van der Waals surface area contributed by atoms with Crippen molar-refractivity contribution in [3.63, 3.8) is 0 Å². The Bertz CT molecular complexity index is 1480. The standard InChI is InChI=1S/C27H30F2N4O2/c1-17(2)15-33-23-18(3)32(16-19-11-13-20(14-12-19)27(4,28)29)24(30-21-9-7-6-8-10-21)22(23)25(34)31(5)26(33)35/h6-14,17,30H,15-16H2,1-5H3. The summed E-state index contributed by atoms with van der Waals surface area (Å²) in [4.78, 5) is 26.5. The number of hydrogen-bond acceptors (Lipinski definition) is 3. The van der Waals surface area contributed by atoms with Crippen LogP contribution in [0.4, 0.5) is 20.3 Å². The molecule has 0 spiro atoms. The van der Waals surface area contributed by atoms with Gasteiger partial charge in [-0.25, -0.2) is 13.6 Å². The zero-order chi connectivity index (χ0) is 25.5. The maximum Gasteiger partial charge on any atom is 0.331 e. The summed E-state index contributed by atoms with van der Waals surface area (Å²) in [6, 6.07) is 15.7. The fraction of sp³-hybridized carbons (Fsp3) is 0.333. The van der Waals surface area contributed by atoms with E-state index in [9.17, 15) is 18.4 Å².